The summed E-state index contributed by atoms with van der Waals surface area (Å²) in [5, 5.41) is 12.3. The summed E-state index contributed by atoms with van der Waals surface area (Å²) < 4.78 is 56.1. The molecule has 3 aromatic rings. The highest BCUT2D eigenvalue weighted by molar-refractivity contribution is 5.49. The van der Waals surface area contributed by atoms with Gasteiger partial charge in [0.25, 0.3) is 0 Å². The molecule has 0 bridgehead atoms. The van der Waals surface area contributed by atoms with Gasteiger partial charge in [0.2, 0.25) is 0 Å². The van der Waals surface area contributed by atoms with E-state index in [4.69, 9.17) is 0 Å². The van der Waals surface area contributed by atoms with Crippen LogP contribution in [0.2, 0.25) is 0 Å². The second kappa shape index (κ2) is 10.1. The monoisotopic (exact) mass is 476 g/mol. The number of aromatic nitrogens is 4. The van der Waals surface area contributed by atoms with Crippen molar-refractivity contribution in [3.05, 3.63) is 71.3 Å². The van der Waals surface area contributed by atoms with Gasteiger partial charge in [0.05, 0.1) is 5.56 Å². The van der Waals surface area contributed by atoms with Gasteiger partial charge >= 0.3 is 6.18 Å². The second-order valence-corrected chi connectivity index (χ2v) is 8.94. The van der Waals surface area contributed by atoms with Crippen LogP contribution < -0.4 is 4.90 Å². The molecule has 34 heavy (non-hydrogen) atoms. The van der Waals surface area contributed by atoms with Crippen molar-refractivity contribution < 1.29 is 17.6 Å². The average Bonchev–Trinajstić information content (AvgIpc) is 3.27. The Morgan fingerprint density at radius 1 is 0.971 bits per heavy atom. The van der Waals surface area contributed by atoms with Gasteiger partial charge in [-0.3, -0.25) is 4.90 Å². The van der Waals surface area contributed by atoms with E-state index >= 15 is 0 Å². The van der Waals surface area contributed by atoms with Gasteiger partial charge in [-0.05, 0) is 47.0 Å². The molecule has 2 aromatic carbocycles. The third kappa shape index (κ3) is 5.38. The minimum Gasteiger partial charge on any atom is -0.369 e. The van der Waals surface area contributed by atoms with Crippen molar-refractivity contribution >= 4 is 5.69 Å². The highest BCUT2D eigenvalue weighted by atomic mass is 19.4. The normalized spacial score (nSPS) is 16.3. The van der Waals surface area contributed by atoms with Crippen LogP contribution in [0.4, 0.5) is 23.2 Å². The predicted molar refractivity (Wildman–Crippen MR) is 121 cm³/mol. The van der Waals surface area contributed by atoms with Gasteiger partial charge in [0, 0.05) is 44.0 Å². The Morgan fingerprint density at radius 2 is 1.71 bits per heavy atom. The lowest BCUT2D eigenvalue weighted by Gasteiger charge is -2.40. The fourth-order valence-electron chi connectivity index (χ4n) is 4.26. The Bertz CT molecular complexity index is 1090. The number of nitrogens with zero attached hydrogens (tertiary/aromatic N) is 6. The number of alkyl halides is 3. The third-order valence-electron chi connectivity index (χ3n) is 6.14. The number of aryl methyl sites for hydroxylation is 1. The summed E-state index contributed by atoms with van der Waals surface area (Å²) in [6.07, 6.45) is -3.51. The molecule has 1 aromatic heterocycles. The fraction of sp³-hybridized carbons (Fsp3) is 0.458. The molecule has 10 heteroatoms. The van der Waals surface area contributed by atoms with Gasteiger partial charge in [-0.2, -0.15) is 13.2 Å². The van der Waals surface area contributed by atoms with Crippen LogP contribution in [-0.2, 0) is 12.7 Å². The molecular formula is C24H28F4N6. The van der Waals surface area contributed by atoms with E-state index in [0.717, 1.165) is 12.5 Å². The summed E-state index contributed by atoms with van der Waals surface area (Å²) in [5.74, 6) is 0.685. The molecule has 182 valence electrons. The Morgan fingerprint density at radius 3 is 2.38 bits per heavy atom. The van der Waals surface area contributed by atoms with Crippen molar-refractivity contribution in [2.24, 2.45) is 5.92 Å². The van der Waals surface area contributed by atoms with Gasteiger partial charge in [-0.1, -0.05) is 38.1 Å². The summed E-state index contributed by atoms with van der Waals surface area (Å²) in [4.78, 5) is 4.02. The molecule has 0 aliphatic carbocycles. The number of hydrogen-bond acceptors (Lipinski definition) is 5. The summed E-state index contributed by atoms with van der Waals surface area (Å²) in [5.41, 5.74) is 0.343. The molecule has 1 atom stereocenters. The zero-order chi connectivity index (χ0) is 24.3. The molecule has 1 aliphatic heterocycles. The standard InChI is InChI=1S/C24H28F4N6/c1-17(2)10-11-34-23(29-30-31-34)22(20-8-3-4-9-21(20)25)33-14-12-32(13-15-33)19-7-5-6-18(16-19)24(26,27)28/h3-9,16-17,22H,10-15H2,1-2H3. The summed E-state index contributed by atoms with van der Waals surface area (Å²) in [6.45, 7) is 6.89. The number of hydrogen-bond donors (Lipinski definition) is 0. The van der Waals surface area contributed by atoms with Crippen LogP contribution >= 0.6 is 0 Å². The summed E-state index contributed by atoms with van der Waals surface area (Å²) >= 11 is 0. The Kier molecular flexibility index (Phi) is 7.16. The minimum absolute atomic E-state index is 0.341. The third-order valence-corrected chi connectivity index (χ3v) is 6.14. The molecule has 0 N–H and O–H groups in total. The van der Waals surface area contributed by atoms with E-state index in [-0.39, 0.29) is 5.82 Å². The van der Waals surface area contributed by atoms with Crippen molar-refractivity contribution in [1.82, 2.24) is 25.1 Å². The van der Waals surface area contributed by atoms with Crippen LogP contribution in [0.5, 0.6) is 0 Å². The number of tetrazole rings is 1. The first kappa shape index (κ1) is 24.1. The molecule has 1 saturated heterocycles. The highest BCUT2D eigenvalue weighted by Crippen LogP contribution is 2.34. The lowest BCUT2D eigenvalue weighted by atomic mass is 10.0. The van der Waals surface area contributed by atoms with Crippen molar-refractivity contribution in [2.45, 2.75) is 39.0 Å². The Balaban J connectivity index is 1.58. The smallest absolute Gasteiger partial charge is 0.369 e. The number of rotatable bonds is 7. The highest BCUT2D eigenvalue weighted by Gasteiger charge is 2.34. The van der Waals surface area contributed by atoms with E-state index in [1.807, 2.05) is 4.90 Å². The zero-order valence-corrected chi connectivity index (χ0v) is 19.2. The van der Waals surface area contributed by atoms with Crippen molar-refractivity contribution in [2.75, 3.05) is 31.1 Å². The SMILES string of the molecule is CC(C)CCn1nnnc1C(c1ccccc1F)N1CCN(c2cccc(C(F)(F)F)c2)CC1. The largest absolute Gasteiger partial charge is 0.416 e. The lowest BCUT2D eigenvalue weighted by molar-refractivity contribution is -0.137. The summed E-state index contributed by atoms with van der Waals surface area (Å²) in [6, 6.07) is 11.5. The number of halogens is 4. The van der Waals surface area contributed by atoms with Crippen LogP contribution in [0.3, 0.4) is 0 Å². The van der Waals surface area contributed by atoms with E-state index in [2.05, 4.69) is 34.3 Å². The van der Waals surface area contributed by atoms with Crippen LogP contribution in [-0.4, -0.2) is 51.3 Å². The Hall–Kier alpha value is -3.01. The first-order valence-electron chi connectivity index (χ1n) is 11.4. The van der Waals surface area contributed by atoms with Crippen LogP contribution in [0.25, 0.3) is 0 Å². The molecule has 0 saturated carbocycles. The molecule has 6 nitrogen and oxygen atoms in total. The average molecular weight is 477 g/mol. The van der Waals surface area contributed by atoms with E-state index in [9.17, 15) is 17.6 Å². The predicted octanol–water partition coefficient (Wildman–Crippen LogP) is 4.79. The van der Waals surface area contributed by atoms with Crippen LogP contribution in [0, 0.1) is 11.7 Å². The van der Waals surface area contributed by atoms with Crippen LogP contribution in [0.15, 0.2) is 48.5 Å². The molecule has 0 amide bonds. The molecule has 1 fully saturated rings. The van der Waals surface area contributed by atoms with E-state index in [1.54, 1.807) is 28.9 Å². The molecule has 2 heterocycles. The zero-order valence-electron chi connectivity index (χ0n) is 19.2. The van der Waals surface area contributed by atoms with Gasteiger partial charge in [0.1, 0.15) is 11.9 Å². The van der Waals surface area contributed by atoms with Crippen LogP contribution in [0.1, 0.15) is 43.3 Å². The first-order chi connectivity index (χ1) is 16.2. The van der Waals surface area contributed by atoms with Gasteiger partial charge < -0.3 is 4.90 Å². The maximum absolute atomic E-state index is 14.9. The van der Waals surface area contributed by atoms with E-state index < -0.39 is 17.8 Å². The van der Waals surface area contributed by atoms with Gasteiger partial charge in [-0.25, -0.2) is 9.07 Å². The van der Waals surface area contributed by atoms with Crippen molar-refractivity contribution in [3.63, 3.8) is 0 Å². The Labute approximate surface area is 196 Å². The van der Waals surface area contributed by atoms with E-state index in [1.165, 1.54) is 18.2 Å². The van der Waals surface area contributed by atoms with E-state index in [0.29, 0.717) is 55.7 Å². The fourth-order valence-corrected chi connectivity index (χ4v) is 4.26. The topological polar surface area (TPSA) is 50.1 Å². The van der Waals surface area contributed by atoms with Crippen molar-refractivity contribution in [1.29, 1.82) is 0 Å². The molecule has 0 radical (unpaired) electrons. The molecular weight excluding hydrogens is 448 g/mol. The van der Waals surface area contributed by atoms with Crippen molar-refractivity contribution in [3.8, 4) is 0 Å². The molecule has 1 unspecified atom stereocenters. The molecule has 4 rings (SSSR count). The molecule has 0 spiro atoms. The molecule has 1 aliphatic rings. The number of benzene rings is 2. The first-order valence-corrected chi connectivity index (χ1v) is 11.4. The minimum atomic E-state index is -4.39. The second-order valence-electron chi connectivity index (χ2n) is 8.94. The number of anilines is 1. The maximum Gasteiger partial charge on any atom is 0.416 e. The van der Waals surface area contributed by atoms with Gasteiger partial charge in [0.15, 0.2) is 5.82 Å². The quantitative estimate of drug-likeness (QED) is 0.459. The summed E-state index contributed by atoms with van der Waals surface area (Å²) in [7, 11) is 0. The lowest BCUT2D eigenvalue weighted by Crippen LogP contribution is -2.48. The van der Waals surface area contributed by atoms with Gasteiger partial charge in [-0.15, -0.1) is 5.10 Å². The number of piperazine rings is 1. The maximum atomic E-state index is 14.9.